The van der Waals surface area contributed by atoms with Crippen molar-refractivity contribution in [2.75, 3.05) is 6.61 Å². The lowest BCUT2D eigenvalue weighted by molar-refractivity contribution is -0.122. The van der Waals surface area contributed by atoms with Crippen molar-refractivity contribution in [3.05, 3.63) is 29.8 Å². The van der Waals surface area contributed by atoms with Gasteiger partial charge in [0.25, 0.3) is 5.91 Å². The molecule has 0 unspecified atom stereocenters. The highest BCUT2D eigenvalue weighted by Gasteiger charge is 2.23. The summed E-state index contributed by atoms with van der Waals surface area (Å²) in [4.78, 5) is 34.8. The van der Waals surface area contributed by atoms with Gasteiger partial charge in [0.05, 0.1) is 0 Å². The Morgan fingerprint density at radius 2 is 1.79 bits per heavy atom. The van der Waals surface area contributed by atoms with Gasteiger partial charge in [0.1, 0.15) is 5.75 Å². The summed E-state index contributed by atoms with van der Waals surface area (Å²) in [6.45, 7) is 3.34. The quantitative estimate of drug-likeness (QED) is 0.812. The van der Waals surface area contributed by atoms with Crippen LogP contribution in [0.15, 0.2) is 24.3 Å². The predicted octanol–water partition coefficient (Wildman–Crippen LogP) is 2.67. The summed E-state index contributed by atoms with van der Waals surface area (Å²) >= 11 is 0. The molecule has 1 aromatic rings. The van der Waals surface area contributed by atoms with Gasteiger partial charge in [-0.3, -0.25) is 14.9 Å². The fraction of sp³-hybridized carbons (Fsp3) is 0.500. The number of urea groups is 1. The number of carbonyl (C=O) groups is 3. The molecular formula is C18H24N2O4. The minimum atomic E-state index is -0.508. The van der Waals surface area contributed by atoms with Crippen LogP contribution in [0.5, 0.6) is 5.75 Å². The van der Waals surface area contributed by atoms with Gasteiger partial charge in [-0.15, -0.1) is 0 Å². The Balaban J connectivity index is 1.74. The summed E-state index contributed by atoms with van der Waals surface area (Å²) in [7, 11) is 0. The maximum absolute atomic E-state index is 11.9. The first-order valence-corrected chi connectivity index (χ1v) is 8.30. The number of ether oxygens (including phenoxy) is 1. The molecule has 0 spiro atoms. The normalized spacial score (nSPS) is 20.1. The van der Waals surface area contributed by atoms with E-state index >= 15 is 0 Å². The number of benzene rings is 1. The van der Waals surface area contributed by atoms with E-state index in [-0.39, 0.29) is 18.4 Å². The van der Waals surface area contributed by atoms with Crippen molar-refractivity contribution in [2.24, 2.45) is 5.92 Å². The molecule has 1 aliphatic carbocycles. The molecule has 2 atom stereocenters. The Labute approximate surface area is 142 Å². The number of hydrogen-bond donors (Lipinski definition) is 2. The van der Waals surface area contributed by atoms with E-state index in [4.69, 9.17) is 4.74 Å². The Morgan fingerprint density at radius 1 is 1.12 bits per heavy atom. The lowest BCUT2D eigenvalue weighted by Crippen LogP contribution is -2.48. The largest absolute Gasteiger partial charge is 0.484 e. The molecule has 24 heavy (non-hydrogen) atoms. The molecule has 3 amide bonds. The van der Waals surface area contributed by atoms with Gasteiger partial charge in [0.15, 0.2) is 12.4 Å². The number of nitrogens with one attached hydrogen (secondary N) is 2. The molecular weight excluding hydrogens is 308 g/mol. The molecule has 0 heterocycles. The SMILES string of the molecule is CC(=O)c1ccc(OCC(=O)NC(=O)N[C@@H]2CCCC[C@H]2C)cc1. The first kappa shape index (κ1) is 18.0. The minimum absolute atomic E-state index is 0.0343. The Hall–Kier alpha value is -2.37. The number of Topliss-reactive ketones (excluding diaryl/α,β-unsaturated/α-hetero) is 1. The summed E-state index contributed by atoms with van der Waals surface area (Å²) in [5, 5.41) is 5.13. The first-order valence-electron chi connectivity index (χ1n) is 8.30. The molecule has 0 radical (unpaired) electrons. The van der Waals surface area contributed by atoms with Gasteiger partial charge >= 0.3 is 6.03 Å². The number of rotatable bonds is 5. The fourth-order valence-electron chi connectivity index (χ4n) is 2.83. The zero-order valence-electron chi connectivity index (χ0n) is 14.1. The topological polar surface area (TPSA) is 84.5 Å². The van der Waals surface area contributed by atoms with Crippen LogP contribution in [-0.2, 0) is 4.79 Å². The number of hydrogen-bond acceptors (Lipinski definition) is 4. The van der Waals surface area contributed by atoms with Crippen molar-refractivity contribution >= 4 is 17.7 Å². The van der Waals surface area contributed by atoms with Gasteiger partial charge in [0.2, 0.25) is 0 Å². The lowest BCUT2D eigenvalue weighted by Gasteiger charge is -2.29. The van der Waals surface area contributed by atoms with Gasteiger partial charge in [0, 0.05) is 11.6 Å². The second-order valence-electron chi connectivity index (χ2n) is 6.26. The van der Waals surface area contributed by atoms with Crippen LogP contribution in [0.3, 0.4) is 0 Å². The van der Waals surface area contributed by atoms with E-state index in [0.29, 0.717) is 17.2 Å². The monoisotopic (exact) mass is 332 g/mol. The third-order valence-corrected chi connectivity index (χ3v) is 4.31. The molecule has 1 aromatic carbocycles. The second-order valence-corrected chi connectivity index (χ2v) is 6.26. The molecule has 1 saturated carbocycles. The van der Waals surface area contributed by atoms with E-state index < -0.39 is 11.9 Å². The highest BCUT2D eigenvalue weighted by molar-refractivity contribution is 5.95. The van der Waals surface area contributed by atoms with Crippen molar-refractivity contribution in [1.82, 2.24) is 10.6 Å². The van der Waals surface area contributed by atoms with Crippen molar-refractivity contribution in [3.8, 4) is 5.75 Å². The Bertz CT molecular complexity index is 598. The summed E-state index contributed by atoms with van der Waals surface area (Å²) in [6.07, 6.45) is 4.33. The standard InChI is InChI=1S/C18H24N2O4/c1-12-5-3-4-6-16(12)19-18(23)20-17(22)11-24-15-9-7-14(8-10-15)13(2)21/h7-10,12,16H,3-6,11H2,1-2H3,(H2,19,20,22,23)/t12-,16-/m1/s1. The molecule has 0 aliphatic heterocycles. The smallest absolute Gasteiger partial charge is 0.321 e. The van der Waals surface area contributed by atoms with Crippen LogP contribution >= 0.6 is 0 Å². The van der Waals surface area contributed by atoms with Gasteiger partial charge in [-0.1, -0.05) is 19.8 Å². The van der Waals surface area contributed by atoms with Crippen LogP contribution in [0.1, 0.15) is 49.9 Å². The van der Waals surface area contributed by atoms with E-state index in [9.17, 15) is 14.4 Å². The maximum Gasteiger partial charge on any atom is 0.321 e. The first-order chi connectivity index (χ1) is 11.5. The molecule has 0 bridgehead atoms. The average molecular weight is 332 g/mol. The molecule has 1 fully saturated rings. The van der Waals surface area contributed by atoms with Crippen molar-refractivity contribution < 1.29 is 19.1 Å². The fourth-order valence-corrected chi connectivity index (χ4v) is 2.83. The molecule has 2 rings (SSSR count). The molecule has 1 aliphatic rings. The van der Waals surface area contributed by atoms with E-state index in [1.54, 1.807) is 24.3 Å². The van der Waals surface area contributed by atoms with Gasteiger partial charge in [-0.2, -0.15) is 0 Å². The molecule has 6 nitrogen and oxygen atoms in total. The van der Waals surface area contributed by atoms with E-state index in [1.165, 1.54) is 13.3 Å². The summed E-state index contributed by atoms with van der Waals surface area (Å²) in [6, 6.07) is 6.14. The number of amides is 3. The van der Waals surface area contributed by atoms with E-state index in [2.05, 4.69) is 17.6 Å². The predicted molar refractivity (Wildman–Crippen MR) is 90.0 cm³/mol. The van der Waals surface area contributed by atoms with Gasteiger partial charge in [-0.05, 0) is 49.9 Å². The molecule has 130 valence electrons. The third-order valence-electron chi connectivity index (χ3n) is 4.31. The van der Waals surface area contributed by atoms with Crippen molar-refractivity contribution in [2.45, 2.75) is 45.6 Å². The van der Waals surface area contributed by atoms with Crippen LogP contribution in [-0.4, -0.2) is 30.4 Å². The Kier molecular flexibility index (Phi) is 6.35. The summed E-state index contributed by atoms with van der Waals surface area (Å²) < 4.78 is 5.31. The van der Waals surface area contributed by atoms with Gasteiger partial charge < -0.3 is 10.1 Å². The van der Waals surface area contributed by atoms with Gasteiger partial charge in [-0.25, -0.2) is 4.79 Å². The Morgan fingerprint density at radius 3 is 2.42 bits per heavy atom. The highest BCUT2D eigenvalue weighted by Crippen LogP contribution is 2.23. The van der Waals surface area contributed by atoms with Crippen molar-refractivity contribution in [1.29, 1.82) is 0 Å². The van der Waals surface area contributed by atoms with Crippen LogP contribution < -0.4 is 15.4 Å². The number of carbonyl (C=O) groups excluding carboxylic acids is 3. The molecule has 6 heteroatoms. The molecule has 0 aromatic heterocycles. The maximum atomic E-state index is 11.9. The summed E-state index contributed by atoms with van der Waals surface area (Å²) in [5.74, 6) is 0.353. The third kappa shape index (κ3) is 5.37. The number of ketones is 1. The average Bonchev–Trinajstić information content (AvgIpc) is 2.55. The van der Waals surface area contributed by atoms with Crippen LogP contribution in [0.2, 0.25) is 0 Å². The second kappa shape index (κ2) is 8.47. The van der Waals surface area contributed by atoms with Crippen LogP contribution in [0.25, 0.3) is 0 Å². The zero-order valence-corrected chi connectivity index (χ0v) is 14.1. The molecule has 0 saturated heterocycles. The zero-order chi connectivity index (χ0) is 17.5. The van der Waals surface area contributed by atoms with Crippen molar-refractivity contribution in [3.63, 3.8) is 0 Å². The van der Waals surface area contributed by atoms with Crippen LogP contribution in [0, 0.1) is 5.92 Å². The van der Waals surface area contributed by atoms with E-state index in [0.717, 1.165) is 19.3 Å². The molecule has 2 N–H and O–H groups in total. The lowest BCUT2D eigenvalue weighted by atomic mass is 9.86. The van der Waals surface area contributed by atoms with Crippen LogP contribution in [0.4, 0.5) is 4.79 Å². The number of imide groups is 1. The summed E-state index contributed by atoms with van der Waals surface area (Å²) in [5.41, 5.74) is 0.577. The minimum Gasteiger partial charge on any atom is -0.484 e. The highest BCUT2D eigenvalue weighted by atomic mass is 16.5. The van der Waals surface area contributed by atoms with E-state index in [1.807, 2.05) is 0 Å².